The topological polar surface area (TPSA) is 37.3 Å². The molecule has 19 heavy (non-hydrogen) atoms. The van der Waals surface area contributed by atoms with Gasteiger partial charge in [0.05, 0.1) is 0 Å². The summed E-state index contributed by atoms with van der Waals surface area (Å²) < 4.78 is 0. The highest BCUT2D eigenvalue weighted by Crippen LogP contribution is 2.25. The average Bonchev–Trinajstić information content (AvgIpc) is 2.46. The minimum atomic E-state index is -0.959. The maximum Gasteiger partial charge on any atom is 0.321 e. The summed E-state index contributed by atoms with van der Waals surface area (Å²) in [5.41, 5.74) is 3.40. The van der Waals surface area contributed by atoms with Crippen molar-refractivity contribution in [1.29, 1.82) is 0 Å². The Morgan fingerprint density at radius 3 is 2.37 bits per heavy atom. The van der Waals surface area contributed by atoms with E-state index in [4.69, 9.17) is 16.7 Å². The van der Waals surface area contributed by atoms with Crippen LogP contribution < -0.4 is 0 Å². The molecule has 2 rings (SSSR count). The summed E-state index contributed by atoms with van der Waals surface area (Å²) in [7, 11) is 0. The lowest BCUT2D eigenvalue weighted by Crippen LogP contribution is -2.14. The van der Waals surface area contributed by atoms with Gasteiger partial charge in [-0.15, -0.1) is 11.6 Å². The molecule has 1 atom stereocenters. The number of carboxylic acids is 1. The van der Waals surface area contributed by atoms with Crippen LogP contribution in [-0.4, -0.2) is 16.5 Å². The Morgan fingerprint density at radius 2 is 1.68 bits per heavy atom. The Morgan fingerprint density at radius 1 is 1.05 bits per heavy atom. The molecule has 0 amide bonds. The second-order valence-electron chi connectivity index (χ2n) is 4.37. The van der Waals surface area contributed by atoms with Crippen molar-refractivity contribution in [2.75, 3.05) is 0 Å². The monoisotopic (exact) mass is 274 g/mol. The maximum atomic E-state index is 10.7. The summed E-state index contributed by atoms with van der Waals surface area (Å²) in [5, 5.41) is 7.98. The van der Waals surface area contributed by atoms with Crippen molar-refractivity contribution in [3.63, 3.8) is 0 Å². The molecular weight excluding hydrogens is 260 g/mol. The molecule has 0 spiro atoms. The van der Waals surface area contributed by atoms with E-state index in [9.17, 15) is 4.79 Å². The van der Waals surface area contributed by atoms with E-state index in [1.54, 1.807) is 0 Å². The molecule has 0 radical (unpaired) electrons. The summed E-state index contributed by atoms with van der Waals surface area (Å²) in [6.45, 7) is 0. The molecular formula is C16H15ClO2. The lowest BCUT2D eigenvalue weighted by atomic mass is 9.96. The van der Waals surface area contributed by atoms with Crippen molar-refractivity contribution in [1.82, 2.24) is 0 Å². The smallest absolute Gasteiger partial charge is 0.321 e. The zero-order chi connectivity index (χ0) is 13.7. The predicted molar refractivity (Wildman–Crippen MR) is 77.5 cm³/mol. The summed E-state index contributed by atoms with van der Waals surface area (Å²) in [6, 6.07) is 18.1. The number of hydrogen-bond acceptors (Lipinski definition) is 1. The molecule has 2 aromatic carbocycles. The first-order chi connectivity index (χ1) is 9.18. The predicted octanol–water partition coefficient (Wildman–Crippen LogP) is 3.98. The zero-order valence-electron chi connectivity index (χ0n) is 10.4. The van der Waals surface area contributed by atoms with Gasteiger partial charge in [0, 0.05) is 0 Å². The molecule has 0 aliphatic carbocycles. The van der Waals surface area contributed by atoms with E-state index in [0.29, 0.717) is 12.8 Å². The SMILES string of the molecule is O=C(O)C(Cl)CCc1ccccc1-c1ccccc1. The highest BCUT2D eigenvalue weighted by Gasteiger charge is 2.14. The Balaban J connectivity index is 2.20. The van der Waals surface area contributed by atoms with Crippen LogP contribution in [0.25, 0.3) is 11.1 Å². The number of carbonyl (C=O) groups is 1. The van der Waals surface area contributed by atoms with Crippen LogP contribution in [0.5, 0.6) is 0 Å². The number of alkyl halides is 1. The van der Waals surface area contributed by atoms with Crippen LogP contribution in [-0.2, 0) is 11.2 Å². The van der Waals surface area contributed by atoms with Gasteiger partial charge in [-0.3, -0.25) is 4.79 Å². The second kappa shape index (κ2) is 6.39. The highest BCUT2D eigenvalue weighted by molar-refractivity contribution is 6.29. The van der Waals surface area contributed by atoms with Gasteiger partial charge in [0.1, 0.15) is 5.38 Å². The number of carboxylic acid groups (broad SMARTS) is 1. The van der Waals surface area contributed by atoms with Crippen LogP contribution in [0.4, 0.5) is 0 Å². The van der Waals surface area contributed by atoms with Crippen LogP contribution in [0.2, 0.25) is 0 Å². The van der Waals surface area contributed by atoms with Gasteiger partial charge in [0.15, 0.2) is 0 Å². The standard InChI is InChI=1S/C16H15ClO2/c17-15(16(18)19)11-10-13-8-4-5-9-14(13)12-6-2-1-3-7-12/h1-9,15H,10-11H2,(H,18,19). The first-order valence-electron chi connectivity index (χ1n) is 6.18. The number of rotatable bonds is 5. The molecule has 1 N–H and O–H groups in total. The van der Waals surface area contributed by atoms with Crippen molar-refractivity contribution < 1.29 is 9.90 Å². The van der Waals surface area contributed by atoms with E-state index in [2.05, 4.69) is 6.07 Å². The van der Waals surface area contributed by atoms with E-state index in [1.807, 2.05) is 48.5 Å². The Kier molecular flexibility index (Phi) is 4.58. The fraction of sp³-hybridized carbons (Fsp3) is 0.188. The highest BCUT2D eigenvalue weighted by atomic mass is 35.5. The van der Waals surface area contributed by atoms with Crippen molar-refractivity contribution in [3.05, 3.63) is 60.2 Å². The lowest BCUT2D eigenvalue weighted by molar-refractivity contribution is -0.136. The van der Waals surface area contributed by atoms with E-state index in [0.717, 1.165) is 16.7 Å². The van der Waals surface area contributed by atoms with E-state index in [-0.39, 0.29) is 0 Å². The summed E-state index contributed by atoms with van der Waals surface area (Å²) in [5.74, 6) is -0.959. The van der Waals surface area contributed by atoms with Crippen molar-refractivity contribution in [2.24, 2.45) is 0 Å². The molecule has 2 nitrogen and oxygen atoms in total. The fourth-order valence-corrected chi connectivity index (χ4v) is 2.15. The molecule has 98 valence electrons. The van der Waals surface area contributed by atoms with Gasteiger partial charge >= 0.3 is 5.97 Å². The van der Waals surface area contributed by atoms with Crippen LogP contribution in [0, 0.1) is 0 Å². The molecule has 0 aliphatic rings. The van der Waals surface area contributed by atoms with E-state index >= 15 is 0 Å². The van der Waals surface area contributed by atoms with Crippen molar-refractivity contribution >= 4 is 17.6 Å². The van der Waals surface area contributed by atoms with Gasteiger partial charge < -0.3 is 5.11 Å². The van der Waals surface area contributed by atoms with Crippen LogP contribution >= 0.6 is 11.6 Å². The molecule has 0 bridgehead atoms. The third-order valence-electron chi connectivity index (χ3n) is 3.04. The van der Waals surface area contributed by atoms with Gasteiger partial charge in [-0.2, -0.15) is 0 Å². The first-order valence-corrected chi connectivity index (χ1v) is 6.62. The molecule has 0 fully saturated rings. The van der Waals surface area contributed by atoms with Crippen molar-refractivity contribution in [3.8, 4) is 11.1 Å². The molecule has 0 saturated heterocycles. The fourth-order valence-electron chi connectivity index (χ4n) is 2.04. The third kappa shape index (κ3) is 3.58. The van der Waals surface area contributed by atoms with Gasteiger partial charge in [-0.1, -0.05) is 54.6 Å². The lowest BCUT2D eigenvalue weighted by Gasteiger charge is -2.10. The van der Waals surface area contributed by atoms with Gasteiger partial charge in [-0.25, -0.2) is 0 Å². The number of hydrogen-bond donors (Lipinski definition) is 1. The third-order valence-corrected chi connectivity index (χ3v) is 3.44. The van der Waals surface area contributed by atoms with Crippen molar-refractivity contribution in [2.45, 2.75) is 18.2 Å². The normalized spacial score (nSPS) is 12.1. The largest absolute Gasteiger partial charge is 0.480 e. The molecule has 2 aromatic rings. The quantitative estimate of drug-likeness (QED) is 0.838. The Hall–Kier alpha value is -1.80. The minimum Gasteiger partial charge on any atom is -0.480 e. The van der Waals surface area contributed by atoms with Gasteiger partial charge in [-0.05, 0) is 29.5 Å². The molecule has 0 heterocycles. The molecule has 1 unspecified atom stereocenters. The van der Waals surface area contributed by atoms with E-state index < -0.39 is 11.3 Å². The first kappa shape index (κ1) is 13.6. The number of benzene rings is 2. The Labute approximate surface area is 117 Å². The Bertz CT molecular complexity index is 552. The number of aryl methyl sites for hydroxylation is 1. The summed E-state index contributed by atoms with van der Waals surface area (Å²) in [6.07, 6.45) is 1.09. The van der Waals surface area contributed by atoms with Crippen LogP contribution in [0.15, 0.2) is 54.6 Å². The van der Waals surface area contributed by atoms with Crippen LogP contribution in [0.3, 0.4) is 0 Å². The average molecular weight is 275 g/mol. The molecule has 0 aliphatic heterocycles. The molecule has 0 saturated carbocycles. The maximum absolute atomic E-state index is 10.7. The van der Waals surface area contributed by atoms with Crippen LogP contribution in [0.1, 0.15) is 12.0 Å². The van der Waals surface area contributed by atoms with E-state index in [1.165, 1.54) is 0 Å². The molecule has 3 heteroatoms. The second-order valence-corrected chi connectivity index (χ2v) is 4.89. The molecule has 0 aromatic heterocycles. The van der Waals surface area contributed by atoms with Gasteiger partial charge in [0.2, 0.25) is 0 Å². The number of halogens is 1. The van der Waals surface area contributed by atoms with Gasteiger partial charge in [0.25, 0.3) is 0 Å². The summed E-state index contributed by atoms with van der Waals surface area (Å²) >= 11 is 5.76. The minimum absolute atomic E-state index is 0.431. The number of aliphatic carboxylic acids is 1. The summed E-state index contributed by atoms with van der Waals surface area (Å²) in [4.78, 5) is 10.7. The zero-order valence-corrected chi connectivity index (χ0v) is 11.2.